The Bertz CT molecular complexity index is 702. The molecular weight excluding hydrogens is 329 g/mol. The molecule has 7 nitrogen and oxygen atoms in total. The summed E-state index contributed by atoms with van der Waals surface area (Å²) >= 11 is 0. The molecule has 0 bridgehead atoms. The molecule has 1 heterocycles. The maximum absolute atomic E-state index is 12.9. The number of likely N-dealkylation sites (N-methyl/N-ethyl adjacent to an activating group) is 1. The zero-order valence-electron chi connectivity index (χ0n) is 14.4. The number of halogens is 1. The molecule has 0 saturated carbocycles. The predicted octanol–water partition coefficient (Wildman–Crippen LogP) is 1.23. The fraction of sp³-hybridized carbons (Fsp3) is 0.412. The molecule has 0 spiro atoms. The average molecular weight is 349 g/mol. The third-order valence-electron chi connectivity index (χ3n) is 3.73. The minimum atomic E-state index is -0.991. The molecule has 0 aliphatic carbocycles. The van der Waals surface area contributed by atoms with E-state index in [1.807, 2.05) is 13.8 Å². The highest BCUT2D eigenvalue weighted by molar-refractivity contribution is 6.45. The highest BCUT2D eigenvalue weighted by Gasteiger charge is 2.45. The molecule has 0 unspecified atom stereocenters. The number of benzene rings is 1. The Morgan fingerprint density at radius 1 is 1.08 bits per heavy atom. The number of carbonyl (C=O) groups excluding carboxylic acids is 4. The first-order valence-corrected chi connectivity index (χ1v) is 7.86. The quantitative estimate of drug-likeness (QED) is 0.572. The van der Waals surface area contributed by atoms with Crippen LogP contribution in [0.25, 0.3) is 0 Å². The Morgan fingerprint density at radius 2 is 1.64 bits per heavy atom. The monoisotopic (exact) mass is 349 g/mol. The minimum absolute atomic E-state index is 0.0116. The molecule has 25 heavy (non-hydrogen) atoms. The van der Waals surface area contributed by atoms with Crippen LogP contribution in [0, 0.1) is 11.7 Å². The number of nitrogens with zero attached hydrogens (tertiary/aromatic N) is 3. The van der Waals surface area contributed by atoms with Gasteiger partial charge in [0.15, 0.2) is 0 Å². The van der Waals surface area contributed by atoms with Crippen LogP contribution >= 0.6 is 0 Å². The molecule has 1 aliphatic heterocycles. The molecule has 134 valence electrons. The van der Waals surface area contributed by atoms with Gasteiger partial charge < -0.3 is 4.90 Å². The number of amides is 5. The molecule has 2 rings (SSSR count). The molecular formula is C17H20FN3O4. The number of hydrogen-bond donors (Lipinski definition) is 0. The fourth-order valence-electron chi connectivity index (χ4n) is 2.42. The second kappa shape index (κ2) is 7.42. The van der Waals surface area contributed by atoms with Crippen molar-refractivity contribution in [3.8, 4) is 0 Å². The zero-order chi connectivity index (χ0) is 18.7. The van der Waals surface area contributed by atoms with Crippen LogP contribution in [0.2, 0.25) is 0 Å². The summed E-state index contributed by atoms with van der Waals surface area (Å²) in [6, 6.07) is 4.87. The maximum atomic E-state index is 12.9. The number of carbonyl (C=O) groups is 4. The van der Waals surface area contributed by atoms with E-state index in [2.05, 4.69) is 0 Å². The third-order valence-corrected chi connectivity index (χ3v) is 3.73. The molecule has 1 aromatic carbocycles. The van der Waals surface area contributed by atoms with Gasteiger partial charge in [-0.25, -0.2) is 14.1 Å². The summed E-state index contributed by atoms with van der Waals surface area (Å²) in [7, 11) is 1.50. The van der Waals surface area contributed by atoms with Gasteiger partial charge in [0.25, 0.3) is 0 Å². The van der Waals surface area contributed by atoms with Crippen molar-refractivity contribution in [2.24, 2.45) is 5.92 Å². The largest absolute Gasteiger partial charge is 0.340 e. The summed E-state index contributed by atoms with van der Waals surface area (Å²) in [5.74, 6) is -2.76. The highest BCUT2D eigenvalue weighted by atomic mass is 19.1. The zero-order valence-corrected chi connectivity index (χ0v) is 14.4. The Morgan fingerprint density at radius 3 is 2.20 bits per heavy atom. The highest BCUT2D eigenvalue weighted by Crippen LogP contribution is 2.15. The molecule has 0 atom stereocenters. The van der Waals surface area contributed by atoms with E-state index >= 15 is 0 Å². The second-order valence-corrected chi connectivity index (χ2v) is 6.36. The summed E-state index contributed by atoms with van der Waals surface area (Å²) in [4.78, 5) is 51.2. The number of urea groups is 1. The Hall–Kier alpha value is -2.77. The summed E-state index contributed by atoms with van der Waals surface area (Å²) in [5, 5.41) is 0. The van der Waals surface area contributed by atoms with E-state index in [1.54, 1.807) is 12.1 Å². The van der Waals surface area contributed by atoms with Gasteiger partial charge in [0, 0.05) is 20.1 Å². The van der Waals surface area contributed by atoms with Gasteiger partial charge in [0.2, 0.25) is 5.91 Å². The molecule has 0 radical (unpaired) electrons. The number of hydrogen-bond acceptors (Lipinski definition) is 4. The lowest BCUT2D eigenvalue weighted by Gasteiger charge is -2.21. The lowest BCUT2D eigenvalue weighted by molar-refractivity contribution is -0.144. The molecule has 5 amide bonds. The van der Waals surface area contributed by atoms with Crippen molar-refractivity contribution in [2.75, 3.05) is 20.1 Å². The van der Waals surface area contributed by atoms with Crippen molar-refractivity contribution in [1.29, 1.82) is 0 Å². The minimum Gasteiger partial charge on any atom is -0.340 e. The first kappa shape index (κ1) is 18.6. The van der Waals surface area contributed by atoms with Crippen LogP contribution in [0.4, 0.5) is 9.18 Å². The standard InChI is InChI=1S/C17H20FN3O4/c1-11(2)8-20-15(23)16(24)21(17(20)25)10-14(22)19(3)9-12-4-6-13(18)7-5-12/h4-7,11H,8-10H2,1-3H3. The Balaban J connectivity index is 2.01. The summed E-state index contributed by atoms with van der Waals surface area (Å²) < 4.78 is 12.9. The molecule has 0 N–H and O–H groups in total. The van der Waals surface area contributed by atoms with Gasteiger partial charge in [-0.05, 0) is 23.6 Å². The smallest absolute Gasteiger partial charge is 0.334 e. The van der Waals surface area contributed by atoms with Gasteiger partial charge in [-0.2, -0.15) is 0 Å². The lowest BCUT2D eigenvalue weighted by Crippen LogP contribution is -2.42. The predicted molar refractivity (Wildman–Crippen MR) is 86.5 cm³/mol. The van der Waals surface area contributed by atoms with E-state index in [0.29, 0.717) is 10.5 Å². The van der Waals surface area contributed by atoms with Crippen molar-refractivity contribution in [3.05, 3.63) is 35.6 Å². The summed E-state index contributed by atoms with van der Waals surface area (Å²) in [6.07, 6.45) is 0. The van der Waals surface area contributed by atoms with Crippen LogP contribution < -0.4 is 0 Å². The van der Waals surface area contributed by atoms with E-state index in [4.69, 9.17) is 0 Å². The molecule has 0 aromatic heterocycles. The van der Waals surface area contributed by atoms with Crippen LogP contribution in [0.1, 0.15) is 19.4 Å². The maximum Gasteiger partial charge on any atom is 0.334 e. The number of rotatable bonds is 6. The van der Waals surface area contributed by atoms with Gasteiger partial charge in [0.1, 0.15) is 12.4 Å². The first-order chi connectivity index (χ1) is 11.7. The SMILES string of the molecule is CC(C)CN1C(=O)C(=O)N(CC(=O)N(C)Cc2ccc(F)cc2)C1=O. The number of imide groups is 2. The third kappa shape index (κ3) is 4.20. The van der Waals surface area contributed by atoms with Crippen LogP contribution in [-0.4, -0.2) is 58.6 Å². The van der Waals surface area contributed by atoms with E-state index < -0.39 is 30.3 Å². The summed E-state index contributed by atoms with van der Waals surface area (Å²) in [5.41, 5.74) is 0.703. The average Bonchev–Trinajstić information content (AvgIpc) is 2.74. The van der Waals surface area contributed by atoms with Crippen molar-refractivity contribution < 1.29 is 23.6 Å². The van der Waals surface area contributed by atoms with Crippen molar-refractivity contribution in [3.63, 3.8) is 0 Å². The van der Waals surface area contributed by atoms with Crippen molar-refractivity contribution in [2.45, 2.75) is 20.4 Å². The van der Waals surface area contributed by atoms with E-state index in [-0.39, 0.29) is 24.8 Å². The van der Waals surface area contributed by atoms with Gasteiger partial charge in [-0.3, -0.25) is 19.3 Å². The molecule has 8 heteroatoms. The van der Waals surface area contributed by atoms with Crippen LogP contribution in [-0.2, 0) is 20.9 Å². The van der Waals surface area contributed by atoms with Crippen molar-refractivity contribution in [1.82, 2.24) is 14.7 Å². The topological polar surface area (TPSA) is 78.0 Å². The van der Waals surface area contributed by atoms with Gasteiger partial charge in [0.05, 0.1) is 0 Å². The normalized spacial score (nSPS) is 14.7. The van der Waals surface area contributed by atoms with Crippen LogP contribution in [0.15, 0.2) is 24.3 Å². The van der Waals surface area contributed by atoms with Gasteiger partial charge in [-0.1, -0.05) is 26.0 Å². The molecule has 1 aliphatic rings. The van der Waals surface area contributed by atoms with E-state index in [0.717, 1.165) is 4.90 Å². The molecule has 1 aromatic rings. The summed E-state index contributed by atoms with van der Waals surface area (Å²) in [6.45, 7) is 3.44. The lowest BCUT2D eigenvalue weighted by atomic mass is 10.2. The van der Waals surface area contributed by atoms with Crippen LogP contribution in [0.5, 0.6) is 0 Å². The first-order valence-electron chi connectivity index (χ1n) is 7.86. The molecule has 1 fully saturated rings. The Labute approximate surface area is 145 Å². The van der Waals surface area contributed by atoms with Gasteiger partial charge >= 0.3 is 17.8 Å². The van der Waals surface area contributed by atoms with E-state index in [9.17, 15) is 23.6 Å². The van der Waals surface area contributed by atoms with E-state index in [1.165, 1.54) is 24.1 Å². The Kier molecular flexibility index (Phi) is 5.51. The second-order valence-electron chi connectivity index (χ2n) is 6.36. The fourth-order valence-corrected chi connectivity index (χ4v) is 2.42. The van der Waals surface area contributed by atoms with Crippen molar-refractivity contribution >= 4 is 23.8 Å². The van der Waals surface area contributed by atoms with Gasteiger partial charge in [-0.15, -0.1) is 0 Å². The van der Waals surface area contributed by atoms with Crippen LogP contribution in [0.3, 0.4) is 0 Å². The molecule has 1 saturated heterocycles.